The van der Waals surface area contributed by atoms with Crippen molar-refractivity contribution < 1.29 is 19.4 Å². The van der Waals surface area contributed by atoms with Gasteiger partial charge in [0.25, 0.3) is 0 Å². The number of aliphatic hydroxyl groups is 1. The van der Waals surface area contributed by atoms with Crippen molar-refractivity contribution in [3.63, 3.8) is 0 Å². The summed E-state index contributed by atoms with van der Waals surface area (Å²) in [7, 11) is 0. The molecule has 0 aromatic heterocycles. The van der Waals surface area contributed by atoms with Gasteiger partial charge in [0.1, 0.15) is 11.7 Å². The van der Waals surface area contributed by atoms with Gasteiger partial charge in [-0.15, -0.1) is 0 Å². The van der Waals surface area contributed by atoms with Gasteiger partial charge in [-0.1, -0.05) is 44.2 Å². The van der Waals surface area contributed by atoms with Gasteiger partial charge in [0.05, 0.1) is 12.2 Å². The number of esters is 1. The van der Waals surface area contributed by atoms with Crippen LogP contribution in [0, 0.1) is 23.7 Å². The Hall–Kier alpha value is -1.39. The van der Waals surface area contributed by atoms with Crippen LogP contribution in [0.15, 0.2) is 36.0 Å². The fourth-order valence-corrected chi connectivity index (χ4v) is 5.07. The molecule has 2 aliphatic heterocycles. The molecule has 0 radical (unpaired) electrons. The van der Waals surface area contributed by atoms with Gasteiger partial charge < -0.3 is 14.6 Å². The Morgan fingerprint density at radius 1 is 1.46 bits per heavy atom. The Morgan fingerprint density at radius 3 is 2.77 bits per heavy atom. The average molecular weight is 360 g/mol. The SMILES string of the molecule is C=C1C=CC(C(C)C)C2C1C1CC(C)=CCC(OC(C)=O)C(C)(O)C2O1. The van der Waals surface area contributed by atoms with E-state index in [0.717, 1.165) is 12.0 Å². The highest BCUT2D eigenvalue weighted by Gasteiger charge is 2.58. The van der Waals surface area contributed by atoms with Gasteiger partial charge in [-0.3, -0.25) is 4.79 Å². The molecule has 2 heterocycles. The van der Waals surface area contributed by atoms with Crippen molar-refractivity contribution in [2.45, 2.75) is 71.4 Å². The first-order chi connectivity index (χ1) is 12.1. The Labute approximate surface area is 156 Å². The topological polar surface area (TPSA) is 55.8 Å². The number of ether oxygens (including phenoxy) is 2. The van der Waals surface area contributed by atoms with Gasteiger partial charge in [0, 0.05) is 25.2 Å². The van der Waals surface area contributed by atoms with Crippen molar-refractivity contribution in [2.24, 2.45) is 23.7 Å². The summed E-state index contributed by atoms with van der Waals surface area (Å²) in [6.07, 6.45) is 6.74. The Kier molecular flexibility index (Phi) is 5.19. The number of hydrogen-bond donors (Lipinski definition) is 1. The molecule has 0 amide bonds. The van der Waals surface area contributed by atoms with Crippen LogP contribution in [0.1, 0.15) is 47.5 Å². The second kappa shape index (κ2) is 6.97. The lowest BCUT2D eigenvalue weighted by molar-refractivity contribution is -0.187. The first kappa shape index (κ1) is 19.4. The van der Waals surface area contributed by atoms with Crippen molar-refractivity contribution in [1.82, 2.24) is 0 Å². The molecule has 4 nitrogen and oxygen atoms in total. The summed E-state index contributed by atoms with van der Waals surface area (Å²) < 4.78 is 12.0. The van der Waals surface area contributed by atoms with E-state index in [0.29, 0.717) is 18.3 Å². The highest BCUT2D eigenvalue weighted by atomic mass is 16.6. The zero-order chi connectivity index (χ0) is 19.2. The zero-order valence-corrected chi connectivity index (χ0v) is 16.6. The second-order valence-corrected chi connectivity index (χ2v) is 8.77. The van der Waals surface area contributed by atoms with E-state index in [9.17, 15) is 9.90 Å². The largest absolute Gasteiger partial charge is 0.459 e. The number of allylic oxidation sites excluding steroid dienone is 2. The molecular formula is C22H32O4. The average Bonchev–Trinajstić information content (AvgIpc) is 2.92. The predicted molar refractivity (Wildman–Crippen MR) is 101 cm³/mol. The van der Waals surface area contributed by atoms with Gasteiger partial charge in [-0.05, 0) is 37.7 Å². The van der Waals surface area contributed by atoms with Crippen LogP contribution in [0.3, 0.4) is 0 Å². The molecule has 4 heteroatoms. The van der Waals surface area contributed by atoms with Gasteiger partial charge >= 0.3 is 5.97 Å². The van der Waals surface area contributed by atoms with Crippen LogP contribution >= 0.6 is 0 Å². The highest BCUT2D eigenvalue weighted by Crippen LogP contribution is 2.52. The maximum atomic E-state index is 11.7. The summed E-state index contributed by atoms with van der Waals surface area (Å²) >= 11 is 0. The van der Waals surface area contributed by atoms with Crippen LogP contribution in [0.25, 0.3) is 0 Å². The predicted octanol–water partition coefficient (Wildman–Crippen LogP) is 3.81. The van der Waals surface area contributed by atoms with E-state index in [1.807, 2.05) is 0 Å². The fraction of sp³-hybridized carbons (Fsp3) is 0.682. The lowest BCUT2D eigenvalue weighted by Gasteiger charge is -2.43. The van der Waals surface area contributed by atoms with E-state index >= 15 is 0 Å². The van der Waals surface area contributed by atoms with Crippen LogP contribution < -0.4 is 0 Å². The maximum Gasteiger partial charge on any atom is 0.303 e. The Balaban J connectivity index is 2.08. The minimum atomic E-state index is -1.26. The molecule has 3 aliphatic rings. The quantitative estimate of drug-likeness (QED) is 0.601. The molecule has 26 heavy (non-hydrogen) atoms. The Morgan fingerprint density at radius 2 is 2.15 bits per heavy atom. The van der Waals surface area contributed by atoms with E-state index in [1.165, 1.54) is 12.5 Å². The number of hydrogen-bond acceptors (Lipinski definition) is 4. The molecular weight excluding hydrogens is 328 g/mol. The third-order valence-corrected chi connectivity index (χ3v) is 6.40. The molecule has 1 N–H and O–H groups in total. The molecule has 1 fully saturated rings. The lowest BCUT2D eigenvalue weighted by Crippen LogP contribution is -2.55. The number of carbonyl (C=O) groups is 1. The minimum absolute atomic E-state index is 0.00232. The molecule has 0 aromatic carbocycles. The molecule has 144 valence electrons. The molecule has 1 saturated heterocycles. The van der Waals surface area contributed by atoms with Gasteiger partial charge in [0.2, 0.25) is 0 Å². The van der Waals surface area contributed by atoms with Crippen molar-refractivity contribution in [3.05, 3.63) is 36.0 Å². The minimum Gasteiger partial charge on any atom is -0.459 e. The van der Waals surface area contributed by atoms with Crippen LogP contribution in [0.4, 0.5) is 0 Å². The van der Waals surface area contributed by atoms with Crippen molar-refractivity contribution in [3.8, 4) is 0 Å². The summed E-state index contributed by atoms with van der Waals surface area (Å²) in [5.41, 5.74) is 1.02. The molecule has 3 rings (SSSR count). The van der Waals surface area contributed by atoms with Crippen molar-refractivity contribution >= 4 is 5.97 Å². The van der Waals surface area contributed by atoms with E-state index in [2.05, 4.69) is 45.6 Å². The molecule has 0 saturated carbocycles. The van der Waals surface area contributed by atoms with E-state index in [1.54, 1.807) is 6.92 Å². The first-order valence-electron chi connectivity index (χ1n) is 9.70. The van der Waals surface area contributed by atoms with E-state index in [-0.39, 0.29) is 23.9 Å². The molecule has 1 aliphatic carbocycles. The Bertz CT molecular complexity index is 643. The number of fused-ring (bicyclic) bond motifs is 5. The molecule has 2 bridgehead atoms. The van der Waals surface area contributed by atoms with Gasteiger partial charge in [-0.2, -0.15) is 0 Å². The third kappa shape index (κ3) is 3.29. The number of rotatable bonds is 2. The normalized spacial score (nSPS) is 42.6. The zero-order valence-electron chi connectivity index (χ0n) is 16.6. The first-order valence-corrected chi connectivity index (χ1v) is 9.70. The molecule has 0 aromatic rings. The maximum absolute atomic E-state index is 11.7. The monoisotopic (exact) mass is 360 g/mol. The molecule has 0 spiro atoms. The summed E-state index contributed by atoms with van der Waals surface area (Å²) in [4.78, 5) is 11.7. The smallest absolute Gasteiger partial charge is 0.303 e. The fourth-order valence-electron chi connectivity index (χ4n) is 5.07. The van der Waals surface area contributed by atoms with Gasteiger partial charge in [-0.25, -0.2) is 0 Å². The summed E-state index contributed by atoms with van der Waals surface area (Å²) in [6.45, 7) is 13.9. The van der Waals surface area contributed by atoms with Crippen LogP contribution in [0.5, 0.6) is 0 Å². The second-order valence-electron chi connectivity index (χ2n) is 8.77. The standard InChI is InChI=1S/C22H32O4/c1-12(2)16-9-8-14(4)19-17-11-13(3)7-10-18(25-15(5)23)22(6,24)21(26-17)20(16)19/h7-9,12,16-21,24H,4,10-11H2,1-3,5-6H3. The summed E-state index contributed by atoms with van der Waals surface area (Å²) in [6, 6.07) is 0. The van der Waals surface area contributed by atoms with Crippen LogP contribution in [-0.4, -0.2) is 35.0 Å². The van der Waals surface area contributed by atoms with Crippen molar-refractivity contribution in [1.29, 1.82) is 0 Å². The lowest BCUT2D eigenvalue weighted by atomic mass is 9.63. The van der Waals surface area contributed by atoms with Crippen molar-refractivity contribution in [2.75, 3.05) is 0 Å². The van der Waals surface area contributed by atoms with Crippen LogP contribution in [0.2, 0.25) is 0 Å². The van der Waals surface area contributed by atoms with Gasteiger partial charge in [0.15, 0.2) is 0 Å². The van der Waals surface area contributed by atoms with Crippen LogP contribution in [-0.2, 0) is 14.3 Å². The summed E-state index contributed by atoms with van der Waals surface area (Å²) in [5, 5.41) is 11.5. The molecule has 7 unspecified atom stereocenters. The van der Waals surface area contributed by atoms with E-state index in [4.69, 9.17) is 9.47 Å². The molecule has 7 atom stereocenters. The van der Waals surface area contributed by atoms with E-state index < -0.39 is 17.8 Å². The summed E-state index contributed by atoms with van der Waals surface area (Å²) in [5.74, 6) is 0.674. The number of carbonyl (C=O) groups excluding carboxylic acids is 1. The highest BCUT2D eigenvalue weighted by molar-refractivity contribution is 5.66. The third-order valence-electron chi connectivity index (χ3n) is 6.40.